The van der Waals surface area contributed by atoms with Crippen LogP contribution in [0, 0.1) is 0 Å². The molecule has 1 aliphatic heterocycles. The van der Waals surface area contributed by atoms with Crippen molar-refractivity contribution in [3.63, 3.8) is 0 Å². The number of para-hydroxylation sites is 1. The Morgan fingerprint density at radius 1 is 0.795 bits per heavy atom. The fourth-order valence-corrected chi connectivity index (χ4v) is 5.21. The monoisotopic (exact) mass is 513 g/mol. The highest BCUT2D eigenvalue weighted by Gasteiger charge is 2.35. The zero-order valence-electron chi connectivity index (χ0n) is 24.7. The molecule has 0 amide bonds. The summed E-state index contributed by atoms with van der Waals surface area (Å²) in [4.78, 5) is 2.40. The third kappa shape index (κ3) is 6.32. The first kappa shape index (κ1) is 29.5. The predicted octanol–water partition coefficient (Wildman–Crippen LogP) is 11.4. The van der Waals surface area contributed by atoms with Crippen molar-refractivity contribution in [2.24, 2.45) is 0 Å². The molecular formula is C38H43N. The number of allylic oxidation sites excluding steroid dienone is 11. The number of fused-ring (bicyclic) bond motifs is 1. The normalized spacial score (nSPS) is 15.1. The first-order chi connectivity index (χ1) is 18.9. The van der Waals surface area contributed by atoms with E-state index in [0.717, 1.165) is 0 Å². The van der Waals surface area contributed by atoms with Crippen LogP contribution in [-0.2, 0) is 5.41 Å². The largest absolute Gasteiger partial charge is 0.314 e. The topological polar surface area (TPSA) is 3.24 Å². The van der Waals surface area contributed by atoms with Crippen molar-refractivity contribution in [3.05, 3.63) is 150 Å². The van der Waals surface area contributed by atoms with Gasteiger partial charge in [0, 0.05) is 22.5 Å². The molecule has 0 N–H and O–H groups in total. The molecule has 3 aromatic rings. The highest BCUT2D eigenvalue weighted by Crippen LogP contribution is 2.48. The Balaban J connectivity index is 0.00000205. The summed E-state index contributed by atoms with van der Waals surface area (Å²) in [5.41, 5.74) is 11.1. The molecule has 39 heavy (non-hydrogen) atoms. The van der Waals surface area contributed by atoms with Gasteiger partial charge < -0.3 is 4.90 Å². The second-order valence-electron chi connectivity index (χ2n) is 9.82. The third-order valence-electron chi connectivity index (χ3n) is 7.18. The molecule has 1 nitrogen and oxygen atoms in total. The summed E-state index contributed by atoms with van der Waals surface area (Å²) in [5, 5.41) is 0. The number of benzene rings is 3. The average Bonchev–Trinajstić information content (AvgIpc) is 2.97. The maximum atomic E-state index is 3.77. The van der Waals surface area contributed by atoms with Crippen LogP contribution in [-0.4, -0.2) is 0 Å². The van der Waals surface area contributed by atoms with E-state index >= 15 is 0 Å². The van der Waals surface area contributed by atoms with E-state index in [2.05, 4.69) is 148 Å². The van der Waals surface area contributed by atoms with E-state index in [4.69, 9.17) is 0 Å². The SMILES string of the molecule is C=C/C=C\C(=C/C)c1ccc(-c2ccc(N3C(C)=C(/C=C\C=C\C)C(C)(C)c4ccccc43)cc2)cc1.CC. The molecule has 1 aliphatic rings. The highest BCUT2D eigenvalue weighted by atomic mass is 15.2. The molecule has 0 aromatic heterocycles. The Morgan fingerprint density at radius 3 is 2.00 bits per heavy atom. The fraction of sp³-hybridized carbons (Fsp3) is 0.211. The Bertz CT molecular complexity index is 1400. The van der Waals surface area contributed by atoms with Crippen LogP contribution in [0.2, 0.25) is 0 Å². The predicted molar refractivity (Wildman–Crippen MR) is 174 cm³/mol. The smallest absolute Gasteiger partial charge is 0.0499 e. The summed E-state index contributed by atoms with van der Waals surface area (Å²) >= 11 is 0. The number of rotatable bonds is 7. The standard InChI is InChI=1S/C36H37N.C2H6/c1-7-10-12-16-33-27(4)37(35-18-14-13-17-34(35)36(33,5)6)32-25-23-31(24-26-32)30-21-19-29(20-22-30)28(9-3)15-11-8-2;1-2/h7-26H,2H2,1,3-6H3;1-2H3/b10-7+,15-11-,16-12-,28-9+;. The molecule has 1 heterocycles. The molecule has 200 valence electrons. The van der Waals surface area contributed by atoms with E-state index in [1.165, 1.54) is 50.5 Å². The molecule has 0 atom stereocenters. The average molecular weight is 514 g/mol. The lowest BCUT2D eigenvalue weighted by Gasteiger charge is -2.42. The minimum absolute atomic E-state index is 0.0798. The van der Waals surface area contributed by atoms with Crippen molar-refractivity contribution in [2.45, 2.75) is 53.9 Å². The van der Waals surface area contributed by atoms with Crippen molar-refractivity contribution in [3.8, 4) is 11.1 Å². The van der Waals surface area contributed by atoms with Gasteiger partial charge in [-0.2, -0.15) is 0 Å². The van der Waals surface area contributed by atoms with Crippen molar-refractivity contribution in [1.82, 2.24) is 0 Å². The maximum absolute atomic E-state index is 3.77. The van der Waals surface area contributed by atoms with Gasteiger partial charge in [0.05, 0.1) is 0 Å². The summed E-state index contributed by atoms with van der Waals surface area (Å²) in [7, 11) is 0. The molecule has 1 heteroatoms. The first-order valence-electron chi connectivity index (χ1n) is 14.0. The second-order valence-corrected chi connectivity index (χ2v) is 9.82. The summed E-state index contributed by atoms with van der Waals surface area (Å²) in [5.74, 6) is 0. The Kier molecular flexibility index (Phi) is 10.3. The lowest BCUT2D eigenvalue weighted by atomic mass is 9.73. The van der Waals surface area contributed by atoms with Crippen LogP contribution < -0.4 is 4.90 Å². The molecule has 0 saturated carbocycles. The molecule has 0 radical (unpaired) electrons. The van der Waals surface area contributed by atoms with Gasteiger partial charge in [0.2, 0.25) is 0 Å². The van der Waals surface area contributed by atoms with Crippen molar-refractivity contribution in [2.75, 3.05) is 4.90 Å². The number of anilines is 2. The van der Waals surface area contributed by atoms with Crippen molar-refractivity contribution < 1.29 is 0 Å². The lowest BCUT2D eigenvalue weighted by molar-refractivity contribution is 0.617. The van der Waals surface area contributed by atoms with Gasteiger partial charge in [-0.3, -0.25) is 0 Å². The van der Waals surface area contributed by atoms with Gasteiger partial charge in [-0.15, -0.1) is 0 Å². The van der Waals surface area contributed by atoms with Gasteiger partial charge in [0.25, 0.3) is 0 Å². The van der Waals surface area contributed by atoms with Crippen LogP contribution in [0.25, 0.3) is 16.7 Å². The summed E-state index contributed by atoms with van der Waals surface area (Å²) in [6.45, 7) is 18.8. The van der Waals surface area contributed by atoms with Crippen LogP contribution >= 0.6 is 0 Å². The zero-order chi connectivity index (χ0) is 28.4. The van der Waals surface area contributed by atoms with Crippen LogP contribution in [0.1, 0.15) is 59.6 Å². The Hall–Kier alpha value is -4.10. The number of hydrogen-bond acceptors (Lipinski definition) is 1. The third-order valence-corrected chi connectivity index (χ3v) is 7.18. The lowest BCUT2D eigenvalue weighted by Crippen LogP contribution is -2.32. The van der Waals surface area contributed by atoms with Crippen LogP contribution in [0.15, 0.2) is 139 Å². The minimum Gasteiger partial charge on any atom is -0.314 e. The van der Waals surface area contributed by atoms with Crippen molar-refractivity contribution in [1.29, 1.82) is 0 Å². The molecule has 0 spiro atoms. The quantitative estimate of drug-likeness (QED) is 0.284. The summed E-state index contributed by atoms with van der Waals surface area (Å²) in [6, 6.07) is 26.5. The van der Waals surface area contributed by atoms with Crippen LogP contribution in [0.5, 0.6) is 0 Å². The highest BCUT2D eigenvalue weighted by molar-refractivity contribution is 5.80. The molecule has 0 unspecified atom stereocenters. The fourth-order valence-electron chi connectivity index (χ4n) is 5.21. The Morgan fingerprint density at radius 2 is 1.41 bits per heavy atom. The zero-order valence-corrected chi connectivity index (χ0v) is 24.7. The minimum atomic E-state index is -0.0798. The molecule has 0 aliphatic carbocycles. The van der Waals surface area contributed by atoms with Crippen LogP contribution in [0.3, 0.4) is 0 Å². The van der Waals surface area contributed by atoms with Gasteiger partial charge in [0.15, 0.2) is 0 Å². The number of nitrogens with zero attached hydrogens (tertiary/aromatic N) is 1. The van der Waals surface area contributed by atoms with E-state index in [0.29, 0.717) is 0 Å². The van der Waals surface area contributed by atoms with E-state index in [9.17, 15) is 0 Å². The maximum Gasteiger partial charge on any atom is 0.0499 e. The Labute approximate surface area is 236 Å². The van der Waals surface area contributed by atoms with Crippen LogP contribution in [0.4, 0.5) is 11.4 Å². The van der Waals surface area contributed by atoms with Crippen molar-refractivity contribution >= 4 is 16.9 Å². The molecule has 3 aromatic carbocycles. The van der Waals surface area contributed by atoms with Gasteiger partial charge in [-0.05, 0) is 72.4 Å². The van der Waals surface area contributed by atoms with Gasteiger partial charge in [-0.25, -0.2) is 0 Å². The molecule has 4 rings (SSSR count). The summed E-state index contributed by atoms with van der Waals surface area (Å²) < 4.78 is 0. The van der Waals surface area contributed by atoms with E-state index in [1.807, 2.05) is 26.8 Å². The van der Waals surface area contributed by atoms with E-state index in [-0.39, 0.29) is 5.41 Å². The van der Waals surface area contributed by atoms with Gasteiger partial charge >= 0.3 is 0 Å². The first-order valence-corrected chi connectivity index (χ1v) is 14.0. The van der Waals surface area contributed by atoms with Gasteiger partial charge in [0.1, 0.15) is 0 Å². The molecular weight excluding hydrogens is 470 g/mol. The van der Waals surface area contributed by atoms with E-state index < -0.39 is 0 Å². The summed E-state index contributed by atoms with van der Waals surface area (Å²) in [6.07, 6.45) is 16.6. The molecule has 0 bridgehead atoms. The van der Waals surface area contributed by atoms with Gasteiger partial charge in [-0.1, -0.05) is 137 Å². The second kappa shape index (κ2) is 13.6. The molecule has 0 saturated heterocycles. The van der Waals surface area contributed by atoms with E-state index in [1.54, 1.807) is 6.08 Å². The molecule has 0 fully saturated rings. The number of hydrogen-bond donors (Lipinski definition) is 0.